The highest BCUT2D eigenvalue weighted by Gasteiger charge is 2.28. The fraction of sp³-hybridized carbons (Fsp3) is 0.174. The maximum atomic E-state index is 13.3. The summed E-state index contributed by atoms with van der Waals surface area (Å²) in [6.45, 7) is -0.512. The third kappa shape index (κ3) is 5.57. The fourth-order valence-electron chi connectivity index (χ4n) is 2.96. The molecule has 0 saturated carbocycles. The quantitative estimate of drug-likeness (QED) is 0.481. The first-order valence-corrected chi connectivity index (χ1v) is 11.1. The van der Waals surface area contributed by atoms with Gasteiger partial charge in [0.05, 0.1) is 29.8 Å². The second-order valence-electron chi connectivity index (χ2n) is 6.85. The molecule has 2 N–H and O–H groups in total. The Morgan fingerprint density at radius 2 is 1.62 bits per heavy atom. The van der Waals surface area contributed by atoms with Gasteiger partial charge < -0.3 is 19.7 Å². The lowest BCUT2D eigenvalue weighted by molar-refractivity contribution is 0.0697. The van der Waals surface area contributed by atoms with Crippen molar-refractivity contribution in [3.63, 3.8) is 0 Å². The van der Waals surface area contributed by atoms with E-state index in [2.05, 4.69) is 0 Å². The summed E-state index contributed by atoms with van der Waals surface area (Å²) < 4.78 is 38.2. The number of hydrogen-bond donors (Lipinski definition) is 2. The van der Waals surface area contributed by atoms with Crippen molar-refractivity contribution in [3.05, 3.63) is 84.4 Å². The molecule has 3 aromatic carbocycles. The van der Waals surface area contributed by atoms with E-state index in [-0.39, 0.29) is 29.3 Å². The molecular formula is C23H23NO7S. The first-order valence-electron chi connectivity index (χ1n) is 9.67. The van der Waals surface area contributed by atoms with Crippen LogP contribution in [0.25, 0.3) is 0 Å². The topological polar surface area (TPSA) is 113 Å². The molecule has 9 heteroatoms. The molecule has 3 aromatic rings. The number of anilines is 1. The molecule has 0 bridgehead atoms. The lowest BCUT2D eigenvalue weighted by Gasteiger charge is -2.27. The van der Waals surface area contributed by atoms with Gasteiger partial charge in [-0.2, -0.15) is 0 Å². The number of carbonyl (C=O) groups is 1. The zero-order chi connectivity index (χ0) is 23.1. The Balaban J connectivity index is 1.85. The standard InChI is InChI=1S/C23H23NO7S/c1-30-20-10-12-21(13-11-20)31-16-19(25)15-24(18-7-5-6-17(14-18)23(26)27)32(28,29)22-8-3-2-4-9-22/h2-14,19,25H,15-16H2,1H3,(H,26,27). The number of carboxylic acid groups (broad SMARTS) is 1. The number of aromatic carboxylic acids is 1. The van der Waals surface area contributed by atoms with Crippen LogP contribution < -0.4 is 13.8 Å². The van der Waals surface area contributed by atoms with Crippen LogP contribution in [-0.2, 0) is 10.0 Å². The maximum absolute atomic E-state index is 13.3. The van der Waals surface area contributed by atoms with Crippen molar-refractivity contribution in [1.82, 2.24) is 0 Å². The van der Waals surface area contributed by atoms with Crippen LogP contribution >= 0.6 is 0 Å². The molecule has 3 rings (SSSR count). The molecule has 32 heavy (non-hydrogen) atoms. The van der Waals surface area contributed by atoms with Crippen LogP contribution in [0.1, 0.15) is 10.4 Å². The Hall–Kier alpha value is -3.56. The molecule has 0 fully saturated rings. The van der Waals surface area contributed by atoms with E-state index in [4.69, 9.17) is 9.47 Å². The minimum Gasteiger partial charge on any atom is -0.497 e. The van der Waals surface area contributed by atoms with Crippen molar-refractivity contribution in [1.29, 1.82) is 0 Å². The van der Waals surface area contributed by atoms with Crippen LogP contribution in [0.3, 0.4) is 0 Å². The summed E-state index contributed by atoms with van der Waals surface area (Å²) >= 11 is 0. The molecule has 168 valence electrons. The lowest BCUT2D eigenvalue weighted by Crippen LogP contribution is -2.40. The van der Waals surface area contributed by atoms with E-state index in [9.17, 15) is 23.4 Å². The Morgan fingerprint density at radius 1 is 0.969 bits per heavy atom. The number of methoxy groups -OCH3 is 1. The van der Waals surface area contributed by atoms with E-state index >= 15 is 0 Å². The van der Waals surface area contributed by atoms with Gasteiger partial charge in [-0.3, -0.25) is 4.31 Å². The van der Waals surface area contributed by atoms with Gasteiger partial charge in [0, 0.05) is 0 Å². The van der Waals surface area contributed by atoms with E-state index in [1.165, 1.54) is 36.4 Å². The Labute approximate surface area is 186 Å². The number of benzene rings is 3. The van der Waals surface area contributed by atoms with Crippen LogP contribution in [0.5, 0.6) is 11.5 Å². The summed E-state index contributed by atoms with van der Waals surface area (Å²) in [5.41, 5.74) is 0.0528. The molecule has 0 radical (unpaired) electrons. The largest absolute Gasteiger partial charge is 0.497 e. The Bertz CT molecular complexity index is 1150. The number of rotatable bonds is 10. The summed E-state index contributed by atoms with van der Waals surface area (Å²) in [6, 6.07) is 20.0. The monoisotopic (exact) mass is 457 g/mol. The average molecular weight is 458 g/mol. The average Bonchev–Trinajstić information content (AvgIpc) is 2.82. The summed E-state index contributed by atoms with van der Waals surface area (Å²) in [5, 5.41) is 19.9. The second-order valence-corrected chi connectivity index (χ2v) is 8.71. The van der Waals surface area contributed by atoms with E-state index in [0.717, 1.165) is 4.31 Å². The maximum Gasteiger partial charge on any atom is 0.335 e. The van der Waals surface area contributed by atoms with Gasteiger partial charge in [0.2, 0.25) is 0 Å². The fourth-order valence-corrected chi connectivity index (χ4v) is 4.48. The summed E-state index contributed by atoms with van der Waals surface area (Å²) in [4.78, 5) is 11.4. The predicted octanol–water partition coefficient (Wildman–Crippen LogP) is 3.03. The zero-order valence-electron chi connectivity index (χ0n) is 17.3. The van der Waals surface area contributed by atoms with Gasteiger partial charge in [-0.15, -0.1) is 0 Å². The molecular weight excluding hydrogens is 434 g/mol. The van der Waals surface area contributed by atoms with Gasteiger partial charge in [-0.1, -0.05) is 24.3 Å². The number of sulfonamides is 1. The van der Waals surface area contributed by atoms with Gasteiger partial charge in [0.15, 0.2) is 0 Å². The molecule has 1 atom stereocenters. The molecule has 0 amide bonds. The number of nitrogens with zero attached hydrogens (tertiary/aromatic N) is 1. The molecule has 0 saturated heterocycles. The molecule has 0 aliphatic carbocycles. The summed E-state index contributed by atoms with van der Waals surface area (Å²) in [6.07, 6.45) is -1.19. The van der Waals surface area contributed by atoms with Gasteiger partial charge in [-0.25, -0.2) is 13.2 Å². The molecule has 0 spiro atoms. The first-order chi connectivity index (χ1) is 15.3. The van der Waals surface area contributed by atoms with Crippen LogP contribution in [-0.4, -0.2) is 51.0 Å². The van der Waals surface area contributed by atoms with Crippen LogP contribution in [0.15, 0.2) is 83.8 Å². The second kappa shape index (κ2) is 10.2. The van der Waals surface area contributed by atoms with Crippen molar-refractivity contribution in [2.45, 2.75) is 11.0 Å². The van der Waals surface area contributed by atoms with Crippen LogP contribution in [0, 0.1) is 0 Å². The van der Waals surface area contributed by atoms with Crippen molar-refractivity contribution >= 4 is 21.7 Å². The number of hydrogen-bond acceptors (Lipinski definition) is 6. The minimum atomic E-state index is -4.08. The third-order valence-electron chi connectivity index (χ3n) is 4.59. The molecule has 1 unspecified atom stereocenters. The highest BCUT2D eigenvalue weighted by Crippen LogP contribution is 2.25. The highest BCUT2D eigenvalue weighted by molar-refractivity contribution is 7.92. The normalized spacial score (nSPS) is 12.1. The minimum absolute atomic E-state index is 0.0176. The van der Waals surface area contributed by atoms with Crippen LogP contribution in [0.2, 0.25) is 0 Å². The van der Waals surface area contributed by atoms with E-state index in [1.807, 2.05) is 0 Å². The zero-order valence-corrected chi connectivity index (χ0v) is 18.1. The molecule has 0 aliphatic heterocycles. The molecule has 0 heterocycles. The van der Waals surface area contributed by atoms with Crippen molar-refractivity contribution in [2.75, 3.05) is 24.6 Å². The Kier molecular flexibility index (Phi) is 7.34. The number of aliphatic hydroxyl groups excluding tert-OH is 1. The van der Waals surface area contributed by atoms with Crippen LogP contribution in [0.4, 0.5) is 5.69 Å². The number of carboxylic acids is 1. The van der Waals surface area contributed by atoms with E-state index in [1.54, 1.807) is 49.6 Å². The van der Waals surface area contributed by atoms with Gasteiger partial charge >= 0.3 is 5.97 Å². The molecule has 0 aromatic heterocycles. The Morgan fingerprint density at radius 3 is 2.25 bits per heavy atom. The van der Waals surface area contributed by atoms with Gasteiger partial charge in [-0.05, 0) is 54.6 Å². The number of ether oxygens (including phenoxy) is 2. The summed E-state index contributed by atoms with van der Waals surface area (Å²) in [5.74, 6) is -0.0566. The van der Waals surface area contributed by atoms with Crippen molar-refractivity contribution in [2.24, 2.45) is 0 Å². The highest BCUT2D eigenvalue weighted by atomic mass is 32.2. The molecule has 0 aliphatic rings. The first kappa shape index (κ1) is 23.1. The van der Waals surface area contributed by atoms with Crippen molar-refractivity contribution in [3.8, 4) is 11.5 Å². The van der Waals surface area contributed by atoms with E-state index in [0.29, 0.717) is 11.5 Å². The molecule has 8 nitrogen and oxygen atoms in total. The lowest BCUT2D eigenvalue weighted by atomic mass is 10.2. The number of aliphatic hydroxyl groups is 1. The van der Waals surface area contributed by atoms with Gasteiger partial charge in [0.25, 0.3) is 10.0 Å². The third-order valence-corrected chi connectivity index (χ3v) is 6.40. The summed E-state index contributed by atoms with van der Waals surface area (Å²) in [7, 11) is -2.53. The predicted molar refractivity (Wildman–Crippen MR) is 119 cm³/mol. The smallest absolute Gasteiger partial charge is 0.335 e. The SMILES string of the molecule is COc1ccc(OCC(O)CN(c2cccc(C(=O)O)c2)S(=O)(=O)c2ccccc2)cc1. The van der Waals surface area contributed by atoms with E-state index < -0.39 is 22.1 Å². The van der Waals surface area contributed by atoms with Crippen molar-refractivity contribution < 1.29 is 32.9 Å². The van der Waals surface area contributed by atoms with Gasteiger partial charge in [0.1, 0.15) is 24.2 Å².